The second-order valence-corrected chi connectivity index (χ2v) is 10.2. The van der Waals surface area contributed by atoms with Crippen molar-refractivity contribution in [1.29, 1.82) is 0 Å². The molecule has 0 bridgehead atoms. The first-order valence-electron chi connectivity index (χ1n) is 15.1. The van der Waals surface area contributed by atoms with Crippen LogP contribution in [-0.4, -0.2) is 95.8 Å². The molecule has 0 aliphatic heterocycles. The highest BCUT2D eigenvalue weighted by molar-refractivity contribution is 5.99. The Labute approximate surface area is 260 Å². The molecule has 45 heavy (non-hydrogen) atoms. The fraction of sp³-hybridized carbons (Fsp3) is 0.517. The minimum atomic E-state index is -0.111. The van der Waals surface area contributed by atoms with Crippen molar-refractivity contribution in [3.63, 3.8) is 0 Å². The van der Waals surface area contributed by atoms with Crippen molar-refractivity contribution < 1.29 is 28.2 Å². The van der Waals surface area contributed by atoms with Crippen molar-refractivity contribution in [3.05, 3.63) is 24.5 Å². The van der Waals surface area contributed by atoms with Crippen molar-refractivity contribution >= 4 is 45.8 Å². The topological polar surface area (TPSA) is 234 Å². The Kier molecular flexibility index (Phi) is 13.3. The number of carbonyl (C=O) groups is 2. The standard InChI is InChI=1S/C29H42N10O6/c30-8-12-42-14-16-44-17-15-43-13-10-34-24(41)5-3-4-23(40)33-9-1-2-11-39-28-25(27(31)35-19-36-28)26(38-39)20-6-7-22-21(18-20)37-29(32)45-22/h6-7,18-19H,1-5,8-17,30H2,(H2,32,37)(H,33,40)(H,34,41)(H2,31,35,36). The molecule has 2 amide bonds. The fourth-order valence-corrected chi connectivity index (χ4v) is 4.57. The molecule has 4 aromatic rings. The van der Waals surface area contributed by atoms with Crippen LogP contribution in [0.15, 0.2) is 28.9 Å². The molecule has 16 heteroatoms. The summed E-state index contributed by atoms with van der Waals surface area (Å²) in [6.45, 7) is 4.79. The van der Waals surface area contributed by atoms with E-state index in [1.807, 2.05) is 12.1 Å². The lowest BCUT2D eigenvalue weighted by Gasteiger charge is -2.08. The largest absolute Gasteiger partial charge is 0.424 e. The van der Waals surface area contributed by atoms with Crippen LogP contribution in [0.5, 0.6) is 0 Å². The summed E-state index contributed by atoms with van der Waals surface area (Å²) in [6.07, 6.45) is 3.92. The summed E-state index contributed by atoms with van der Waals surface area (Å²) in [6, 6.07) is 5.58. The molecule has 3 heterocycles. The van der Waals surface area contributed by atoms with E-state index in [2.05, 4.69) is 25.6 Å². The number of nitrogens with zero attached hydrogens (tertiary/aromatic N) is 5. The number of hydrogen-bond donors (Lipinski definition) is 5. The van der Waals surface area contributed by atoms with Crippen LogP contribution in [0.2, 0.25) is 0 Å². The normalized spacial score (nSPS) is 11.4. The van der Waals surface area contributed by atoms with E-state index in [0.717, 1.165) is 18.4 Å². The molecular formula is C29H42N10O6. The number of nitrogens with one attached hydrogen (secondary N) is 2. The van der Waals surface area contributed by atoms with Crippen LogP contribution in [0.4, 0.5) is 11.8 Å². The first-order valence-corrected chi connectivity index (χ1v) is 15.1. The molecule has 0 aliphatic carbocycles. The maximum atomic E-state index is 12.2. The summed E-state index contributed by atoms with van der Waals surface area (Å²) < 4.78 is 23.1. The number of anilines is 2. The average Bonchev–Trinajstić information content (AvgIpc) is 3.59. The van der Waals surface area contributed by atoms with Gasteiger partial charge in [-0.3, -0.25) is 9.59 Å². The SMILES string of the molecule is NCCOCCOCCOCCNC(=O)CCCC(=O)NCCCCn1nc(-c2ccc3oc(N)nc3c2)c2c(N)ncnc21. The van der Waals surface area contributed by atoms with Crippen LogP contribution < -0.4 is 27.8 Å². The second-order valence-electron chi connectivity index (χ2n) is 10.2. The Morgan fingerprint density at radius 2 is 1.58 bits per heavy atom. The number of nitrogens with two attached hydrogens (primary N) is 3. The molecule has 16 nitrogen and oxygen atoms in total. The van der Waals surface area contributed by atoms with E-state index in [0.29, 0.717) is 106 Å². The molecule has 3 aromatic heterocycles. The zero-order valence-electron chi connectivity index (χ0n) is 25.3. The Bertz CT molecular complexity index is 1520. The third-order valence-electron chi connectivity index (χ3n) is 6.74. The van der Waals surface area contributed by atoms with Gasteiger partial charge in [0.15, 0.2) is 11.2 Å². The highest BCUT2D eigenvalue weighted by Gasteiger charge is 2.18. The number of aryl methyl sites for hydroxylation is 1. The zero-order valence-corrected chi connectivity index (χ0v) is 25.3. The highest BCUT2D eigenvalue weighted by atomic mass is 16.5. The third-order valence-corrected chi connectivity index (χ3v) is 6.74. The Morgan fingerprint density at radius 3 is 2.33 bits per heavy atom. The lowest BCUT2D eigenvalue weighted by atomic mass is 10.1. The molecule has 244 valence electrons. The summed E-state index contributed by atoms with van der Waals surface area (Å²) in [5.41, 5.74) is 20.5. The van der Waals surface area contributed by atoms with Gasteiger partial charge >= 0.3 is 0 Å². The smallest absolute Gasteiger partial charge is 0.292 e. The predicted molar refractivity (Wildman–Crippen MR) is 168 cm³/mol. The monoisotopic (exact) mass is 626 g/mol. The lowest BCUT2D eigenvalue weighted by molar-refractivity contribution is -0.122. The molecule has 0 spiro atoms. The van der Waals surface area contributed by atoms with E-state index in [1.54, 1.807) is 10.7 Å². The number of ether oxygens (including phenoxy) is 3. The molecule has 8 N–H and O–H groups in total. The van der Waals surface area contributed by atoms with Crippen LogP contribution in [0, 0.1) is 0 Å². The van der Waals surface area contributed by atoms with Crippen LogP contribution in [0.25, 0.3) is 33.4 Å². The fourth-order valence-electron chi connectivity index (χ4n) is 4.57. The van der Waals surface area contributed by atoms with Crippen molar-refractivity contribution in [2.24, 2.45) is 5.73 Å². The average molecular weight is 627 g/mol. The van der Waals surface area contributed by atoms with Gasteiger partial charge in [0.2, 0.25) is 11.8 Å². The van der Waals surface area contributed by atoms with Gasteiger partial charge in [0, 0.05) is 44.6 Å². The van der Waals surface area contributed by atoms with Crippen LogP contribution >= 0.6 is 0 Å². The van der Waals surface area contributed by atoms with Gasteiger partial charge in [-0.2, -0.15) is 10.1 Å². The molecule has 0 unspecified atom stereocenters. The maximum Gasteiger partial charge on any atom is 0.292 e. The predicted octanol–water partition coefficient (Wildman–Crippen LogP) is 0.990. The number of carbonyl (C=O) groups excluding carboxylic acids is 2. The number of oxazole rings is 1. The second kappa shape index (κ2) is 17.8. The van der Waals surface area contributed by atoms with Gasteiger partial charge in [-0.15, -0.1) is 0 Å². The molecule has 0 saturated heterocycles. The van der Waals surface area contributed by atoms with Crippen molar-refractivity contribution in [1.82, 2.24) is 35.4 Å². The molecule has 0 atom stereocenters. The number of aromatic nitrogens is 5. The Balaban J connectivity index is 1.09. The van der Waals surface area contributed by atoms with Crippen LogP contribution in [-0.2, 0) is 30.3 Å². The molecule has 1 aromatic carbocycles. The number of unbranched alkanes of at least 4 members (excludes halogenated alkanes) is 1. The lowest BCUT2D eigenvalue weighted by Crippen LogP contribution is -2.28. The van der Waals surface area contributed by atoms with E-state index >= 15 is 0 Å². The molecule has 0 fully saturated rings. The first-order chi connectivity index (χ1) is 22.0. The quantitative estimate of drug-likeness (QED) is 0.0813. The number of fused-ring (bicyclic) bond motifs is 2. The van der Waals surface area contributed by atoms with Gasteiger partial charge in [-0.25, -0.2) is 14.6 Å². The van der Waals surface area contributed by atoms with E-state index in [4.69, 9.17) is 40.9 Å². The number of hydrogen-bond acceptors (Lipinski definition) is 13. The van der Waals surface area contributed by atoms with Gasteiger partial charge < -0.3 is 46.5 Å². The zero-order chi connectivity index (χ0) is 31.9. The van der Waals surface area contributed by atoms with Gasteiger partial charge in [-0.1, -0.05) is 0 Å². The summed E-state index contributed by atoms with van der Waals surface area (Å²) in [5.74, 6) is 0.133. The van der Waals surface area contributed by atoms with Gasteiger partial charge in [0.05, 0.1) is 45.0 Å². The van der Waals surface area contributed by atoms with Crippen LogP contribution in [0.3, 0.4) is 0 Å². The van der Waals surface area contributed by atoms with Crippen molar-refractivity contribution in [3.8, 4) is 11.3 Å². The van der Waals surface area contributed by atoms with E-state index < -0.39 is 0 Å². The number of amides is 2. The Hall–Kier alpha value is -4.38. The third kappa shape index (κ3) is 10.3. The van der Waals surface area contributed by atoms with E-state index in [1.165, 1.54) is 6.33 Å². The van der Waals surface area contributed by atoms with Gasteiger partial charge in [0.25, 0.3) is 6.01 Å². The summed E-state index contributed by atoms with van der Waals surface area (Å²) in [7, 11) is 0. The highest BCUT2D eigenvalue weighted by Crippen LogP contribution is 2.32. The van der Waals surface area contributed by atoms with Crippen molar-refractivity contribution in [2.45, 2.75) is 38.6 Å². The van der Waals surface area contributed by atoms with Gasteiger partial charge in [0.1, 0.15) is 23.4 Å². The van der Waals surface area contributed by atoms with Crippen molar-refractivity contribution in [2.75, 3.05) is 70.7 Å². The number of rotatable bonds is 21. The summed E-state index contributed by atoms with van der Waals surface area (Å²) in [5, 5.41) is 11.1. The maximum absolute atomic E-state index is 12.2. The van der Waals surface area contributed by atoms with E-state index in [-0.39, 0.29) is 30.7 Å². The van der Waals surface area contributed by atoms with E-state index in [9.17, 15) is 9.59 Å². The van der Waals surface area contributed by atoms with Crippen LogP contribution in [0.1, 0.15) is 32.1 Å². The molecule has 0 aliphatic rings. The molecule has 0 radical (unpaired) electrons. The minimum absolute atomic E-state index is 0.0872. The van der Waals surface area contributed by atoms with Gasteiger partial charge in [-0.05, 0) is 37.5 Å². The molecule has 4 rings (SSSR count). The first kappa shape index (κ1) is 33.5. The number of benzene rings is 1. The summed E-state index contributed by atoms with van der Waals surface area (Å²) >= 11 is 0. The number of nitrogen functional groups attached to an aromatic ring is 2. The Morgan fingerprint density at radius 1 is 0.867 bits per heavy atom. The minimum Gasteiger partial charge on any atom is -0.424 e. The summed E-state index contributed by atoms with van der Waals surface area (Å²) in [4.78, 5) is 37.0. The molecule has 0 saturated carbocycles. The molecular weight excluding hydrogens is 584 g/mol.